The molecule has 0 atom stereocenters. The molecule has 3 aromatic rings. The third-order valence-electron chi connectivity index (χ3n) is 4.59. The molecule has 8 heteroatoms. The van der Waals surface area contributed by atoms with Crippen LogP contribution in [0.15, 0.2) is 47.1 Å². The van der Waals surface area contributed by atoms with Crippen molar-refractivity contribution in [2.75, 3.05) is 26.2 Å². The fraction of sp³-hybridized carbons (Fsp3) is 0.278. The molecule has 1 N–H and O–H groups in total. The Morgan fingerprint density at radius 2 is 2.04 bits per heavy atom. The fourth-order valence-corrected chi connectivity index (χ4v) is 3.63. The van der Waals surface area contributed by atoms with E-state index in [0.29, 0.717) is 0 Å². The molecule has 1 aromatic carbocycles. The molecule has 1 aliphatic heterocycles. The van der Waals surface area contributed by atoms with Gasteiger partial charge in [0.15, 0.2) is 0 Å². The third-order valence-corrected chi connectivity index (χ3v) is 5.06. The van der Waals surface area contributed by atoms with Crippen LogP contribution in [0.4, 0.5) is 5.69 Å². The average molecular weight is 416 g/mol. The van der Waals surface area contributed by atoms with Crippen LogP contribution in [0.1, 0.15) is 5.69 Å². The van der Waals surface area contributed by atoms with Gasteiger partial charge in [0.25, 0.3) is 5.69 Å². The Hall–Kier alpha value is -2.29. The zero-order chi connectivity index (χ0) is 18.1. The van der Waals surface area contributed by atoms with E-state index in [-0.39, 0.29) is 10.6 Å². The topological polar surface area (TPSA) is 75.7 Å². The Kier molecular flexibility index (Phi) is 4.71. The summed E-state index contributed by atoms with van der Waals surface area (Å²) in [5.74, 6) is 0. The van der Waals surface area contributed by atoms with Crippen LogP contribution >= 0.6 is 15.9 Å². The maximum atomic E-state index is 11.2. The first kappa shape index (κ1) is 17.1. The zero-order valence-electron chi connectivity index (χ0n) is 14.1. The predicted molar refractivity (Wildman–Crippen MR) is 103 cm³/mol. The molecule has 1 saturated heterocycles. The second-order valence-corrected chi connectivity index (χ2v) is 7.23. The number of nitro groups is 1. The number of rotatable bonds is 4. The molecule has 1 aliphatic rings. The molecule has 7 nitrogen and oxygen atoms in total. The number of aromatic nitrogens is 2. The van der Waals surface area contributed by atoms with Crippen LogP contribution in [0.3, 0.4) is 0 Å². The van der Waals surface area contributed by atoms with Crippen LogP contribution in [0.2, 0.25) is 0 Å². The Morgan fingerprint density at radius 1 is 1.23 bits per heavy atom. The van der Waals surface area contributed by atoms with Crippen molar-refractivity contribution in [2.45, 2.75) is 6.54 Å². The average Bonchev–Trinajstić information content (AvgIpc) is 3.00. The maximum Gasteiger partial charge on any atom is 0.270 e. The van der Waals surface area contributed by atoms with Crippen molar-refractivity contribution in [3.05, 3.63) is 62.9 Å². The van der Waals surface area contributed by atoms with Crippen molar-refractivity contribution in [3.63, 3.8) is 0 Å². The molecule has 1 fully saturated rings. The van der Waals surface area contributed by atoms with Crippen LogP contribution in [0, 0.1) is 10.1 Å². The minimum atomic E-state index is -0.369. The lowest BCUT2D eigenvalue weighted by atomic mass is 10.1. The van der Waals surface area contributed by atoms with Crippen molar-refractivity contribution in [3.8, 4) is 11.3 Å². The molecule has 134 valence electrons. The van der Waals surface area contributed by atoms with Crippen molar-refractivity contribution in [2.24, 2.45) is 0 Å². The van der Waals surface area contributed by atoms with E-state index in [0.717, 1.165) is 59.8 Å². The minimum Gasteiger partial charge on any atom is -0.314 e. The van der Waals surface area contributed by atoms with Crippen molar-refractivity contribution >= 4 is 27.3 Å². The molecule has 0 spiro atoms. The second-order valence-electron chi connectivity index (χ2n) is 6.32. The molecule has 0 amide bonds. The van der Waals surface area contributed by atoms with Crippen LogP contribution in [0.25, 0.3) is 16.9 Å². The second kappa shape index (κ2) is 7.14. The van der Waals surface area contributed by atoms with E-state index >= 15 is 0 Å². The molecule has 0 bridgehead atoms. The Morgan fingerprint density at radius 3 is 2.81 bits per heavy atom. The molecule has 2 aromatic heterocycles. The van der Waals surface area contributed by atoms with Gasteiger partial charge in [-0.05, 0) is 28.1 Å². The first-order valence-electron chi connectivity index (χ1n) is 8.46. The van der Waals surface area contributed by atoms with E-state index in [2.05, 4.69) is 30.5 Å². The number of benzene rings is 1. The number of hydrogen-bond donors (Lipinski definition) is 1. The number of nitrogens with zero attached hydrogens (tertiary/aromatic N) is 4. The highest BCUT2D eigenvalue weighted by molar-refractivity contribution is 9.10. The molecular formula is C18H18BrN5O2. The molecule has 0 saturated carbocycles. The summed E-state index contributed by atoms with van der Waals surface area (Å²) in [4.78, 5) is 17.9. The van der Waals surface area contributed by atoms with Crippen LogP contribution < -0.4 is 5.32 Å². The minimum absolute atomic E-state index is 0.0776. The van der Waals surface area contributed by atoms with Gasteiger partial charge in [0, 0.05) is 61.1 Å². The third kappa shape index (κ3) is 3.35. The Labute approximate surface area is 158 Å². The number of non-ortho nitro benzene ring substituents is 1. The number of halogens is 1. The Balaban J connectivity index is 1.83. The summed E-state index contributed by atoms with van der Waals surface area (Å²) in [6.45, 7) is 4.61. The molecule has 4 rings (SSSR count). The van der Waals surface area contributed by atoms with Crippen molar-refractivity contribution in [1.29, 1.82) is 0 Å². The maximum absolute atomic E-state index is 11.2. The molecule has 26 heavy (non-hydrogen) atoms. The summed E-state index contributed by atoms with van der Waals surface area (Å²) in [7, 11) is 0. The highest BCUT2D eigenvalue weighted by atomic mass is 79.9. The van der Waals surface area contributed by atoms with Gasteiger partial charge in [-0.2, -0.15) is 0 Å². The normalized spacial score (nSPS) is 15.4. The summed E-state index contributed by atoms with van der Waals surface area (Å²) in [5.41, 5.74) is 3.52. The van der Waals surface area contributed by atoms with Crippen LogP contribution in [0.5, 0.6) is 0 Å². The molecule has 0 unspecified atom stereocenters. The monoisotopic (exact) mass is 415 g/mol. The lowest BCUT2D eigenvalue weighted by Gasteiger charge is -2.27. The Bertz CT molecular complexity index is 965. The highest BCUT2D eigenvalue weighted by Crippen LogP contribution is 2.29. The highest BCUT2D eigenvalue weighted by Gasteiger charge is 2.20. The van der Waals surface area contributed by atoms with Gasteiger partial charge < -0.3 is 9.72 Å². The lowest BCUT2D eigenvalue weighted by molar-refractivity contribution is -0.384. The van der Waals surface area contributed by atoms with E-state index in [4.69, 9.17) is 4.98 Å². The number of fused-ring (bicyclic) bond motifs is 1. The molecule has 0 aliphatic carbocycles. The molecule has 3 heterocycles. The van der Waals surface area contributed by atoms with E-state index < -0.39 is 0 Å². The van der Waals surface area contributed by atoms with E-state index in [1.807, 2.05) is 24.4 Å². The van der Waals surface area contributed by atoms with Crippen LogP contribution in [-0.4, -0.2) is 45.4 Å². The van der Waals surface area contributed by atoms with Gasteiger partial charge in [0.1, 0.15) is 5.65 Å². The first-order chi connectivity index (χ1) is 12.6. The lowest BCUT2D eigenvalue weighted by Crippen LogP contribution is -2.43. The van der Waals surface area contributed by atoms with Gasteiger partial charge in [-0.15, -0.1) is 0 Å². The number of pyridine rings is 1. The molecule has 0 radical (unpaired) electrons. The quantitative estimate of drug-likeness (QED) is 0.523. The van der Waals surface area contributed by atoms with Gasteiger partial charge in [-0.3, -0.25) is 15.0 Å². The summed E-state index contributed by atoms with van der Waals surface area (Å²) in [6, 6.07) is 10.6. The number of hydrogen-bond acceptors (Lipinski definition) is 5. The summed E-state index contributed by atoms with van der Waals surface area (Å²) < 4.78 is 3.04. The van der Waals surface area contributed by atoms with Gasteiger partial charge >= 0.3 is 0 Å². The SMILES string of the molecule is O=[N+]([O-])c1cccc(-c2nc3ccc(Br)cn3c2CN2CCNCC2)c1. The van der Waals surface area contributed by atoms with Crippen molar-refractivity contribution < 1.29 is 4.92 Å². The number of nitrogens with one attached hydrogen (secondary N) is 1. The predicted octanol–water partition coefficient (Wildman–Crippen LogP) is 3.08. The fourth-order valence-electron chi connectivity index (χ4n) is 3.30. The smallest absolute Gasteiger partial charge is 0.270 e. The van der Waals surface area contributed by atoms with E-state index in [1.165, 1.54) is 6.07 Å². The number of nitro benzene ring substituents is 1. The zero-order valence-corrected chi connectivity index (χ0v) is 15.6. The first-order valence-corrected chi connectivity index (χ1v) is 9.25. The van der Waals surface area contributed by atoms with Crippen LogP contribution in [-0.2, 0) is 6.54 Å². The van der Waals surface area contributed by atoms with Gasteiger partial charge in [0.05, 0.1) is 16.3 Å². The molecular weight excluding hydrogens is 398 g/mol. The standard InChI is InChI=1S/C18H18BrN5O2/c19-14-4-5-17-21-18(13-2-1-3-15(10-13)24(25)26)16(23(17)11-14)12-22-8-6-20-7-9-22/h1-5,10-11,20H,6-9,12H2. The number of imidazole rings is 1. The largest absolute Gasteiger partial charge is 0.314 e. The van der Waals surface area contributed by atoms with Gasteiger partial charge in [0.2, 0.25) is 0 Å². The van der Waals surface area contributed by atoms with Gasteiger partial charge in [-0.1, -0.05) is 12.1 Å². The summed E-state index contributed by atoms with van der Waals surface area (Å²) in [6.07, 6.45) is 2.00. The van der Waals surface area contributed by atoms with Crippen molar-refractivity contribution in [1.82, 2.24) is 19.6 Å². The van der Waals surface area contributed by atoms with Gasteiger partial charge in [-0.25, -0.2) is 4.98 Å². The summed E-state index contributed by atoms with van der Waals surface area (Å²) >= 11 is 3.53. The number of piperazine rings is 1. The summed E-state index contributed by atoms with van der Waals surface area (Å²) in [5, 5.41) is 14.5. The van der Waals surface area contributed by atoms with E-state index in [9.17, 15) is 10.1 Å². The van der Waals surface area contributed by atoms with E-state index in [1.54, 1.807) is 12.1 Å².